The summed E-state index contributed by atoms with van der Waals surface area (Å²) in [4.78, 5) is 0.121. The van der Waals surface area contributed by atoms with Gasteiger partial charge in [-0.15, -0.1) is 0 Å². The second-order valence-electron chi connectivity index (χ2n) is 5.42. The number of morpholine rings is 1. The number of benzene rings is 1. The maximum absolute atomic E-state index is 12.7. The monoisotopic (exact) mass is 362 g/mol. The van der Waals surface area contributed by atoms with Crippen LogP contribution in [0.15, 0.2) is 23.1 Å². The van der Waals surface area contributed by atoms with Crippen LogP contribution in [0.3, 0.4) is 0 Å². The molecule has 0 bridgehead atoms. The van der Waals surface area contributed by atoms with Crippen molar-refractivity contribution in [2.24, 2.45) is 0 Å². The van der Waals surface area contributed by atoms with Crippen LogP contribution in [0.25, 0.3) is 0 Å². The Labute approximate surface area is 137 Å². The quantitative estimate of drug-likeness (QED) is 0.820. The third-order valence-corrected chi connectivity index (χ3v) is 7.06. The average molecular weight is 362 g/mol. The first-order valence-corrected chi connectivity index (χ1v) is 10.5. The van der Waals surface area contributed by atoms with Gasteiger partial charge in [0.25, 0.3) is 0 Å². The normalized spacial score (nSPS) is 17.1. The molecule has 1 saturated heterocycles. The molecule has 1 aromatic carbocycles. The van der Waals surface area contributed by atoms with E-state index in [1.165, 1.54) is 10.4 Å². The smallest absolute Gasteiger partial charge is 0.243 e. The van der Waals surface area contributed by atoms with Gasteiger partial charge in [-0.3, -0.25) is 4.72 Å². The van der Waals surface area contributed by atoms with Crippen molar-refractivity contribution in [2.45, 2.75) is 25.2 Å². The predicted octanol–water partition coefficient (Wildman–Crippen LogP) is 1.17. The number of rotatable bonds is 6. The van der Waals surface area contributed by atoms with Crippen molar-refractivity contribution in [1.82, 2.24) is 4.31 Å². The van der Waals surface area contributed by atoms with Gasteiger partial charge in [-0.25, -0.2) is 16.8 Å². The Kier molecular flexibility index (Phi) is 5.66. The molecule has 1 aliphatic heterocycles. The van der Waals surface area contributed by atoms with E-state index < -0.39 is 20.0 Å². The van der Waals surface area contributed by atoms with E-state index in [1.54, 1.807) is 26.0 Å². The number of nitrogens with zero attached hydrogens (tertiary/aromatic N) is 1. The summed E-state index contributed by atoms with van der Waals surface area (Å²) < 4.78 is 58.2. The third kappa shape index (κ3) is 4.43. The topological polar surface area (TPSA) is 92.8 Å². The Morgan fingerprint density at radius 2 is 1.83 bits per heavy atom. The fourth-order valence-corrected chi connectivity index (χ4v) is 5.15. The van der Waals surface area contributed by atoms with Gasteiger partial charge in [0, 0.05) is 18.8 Å². The zero-order chi connectivity index (χ0) is 17.1. The van der Waals surface area contributed by atoms with Crippen LogP contribution in [0.5, 0.6) is 0 Å². The van der Waals surface area contributed by atoms with Crippen LogP contribution in [-0.2, 0) is 24.8 Å². The molecule has 0 spiro atoms. The van der Waals surface area contributed by atoms with Crippen molar-refractivity contribution >= 4 is 25.7 Å². The minimum Gasteiger partial charge on any atom is -0.379 e. The number of ether oxygens (including phenoxy) is 1. The Balaban J connectivity index is 2.33. The van der Waals surface area contributed by atoms with E-state index in [1.807, 2.05) is 0 Å². The van der Waals surface area contributed by atoms with Gasteiger partial charge in [-0.05, 0) is 31.0 Å². The summed E-state index contributed by atoms with van der Waals surface area (Å²) in [5.41, 5.74) is 0.839. The fourth-order valence-electron chi connectivity index (χ4n) is 2.37. The summed E-state index contributed by atoms with van der Waals surface area (Å²) in [5, 5.41) is 0. The SMILES string of the molecule is CCCS(=O)(=O)Nc1ccc(C)c(S(=O)(=O)N2CCOCC2)c1. The number of hydrogen-bond acceptors (Lipinski definition) is 5. The van der Waals surface area contributed by atoms with E-state index in [-0.39, 0.29) is 16.3 Å². The molecule has 130 valence electrons. The molecule has 2 rings (SSSR count). The first-order chi connectivity index (χ1) is 10.8. The molecule has 0 aromatic heterocycles. The highest BCUT2D eigenvalue weighted by Crippen LogP contribution is 2.25. The Bertz CT molecular complexity index is 753. The second-order valence-corrected chi connectivity index (χ2v) is 9.17. The Hall–Kier alpha value is -1.16. The molecule has 0 amide bonds. The van der Waals surface area contributed by atoms with E-state index in [9.17, 15) is 16.8 Å². The zero-order valence-corrected chi connectivity index (χ0v) is 14.9. The average Bonchev–Trinajstić information content (AvgIpc) is 2.49. The molecule has 1 aliphatic rings. The molecule has 1 fully saturated rings. The van der Waals surface area contributed by atoms with Crippen LogP contribution >= 0.6 is 0 Å². The lowest BCUT2D eigenvalue weighted by Gasteiger charge is -2.26. The first kappa shape index (κ1) is 18.2. The van der Waals surface area contributed by atoms with Crippen molar-refractivity contribution < 1.29 is 21.6 Å². The summed E-state index contributed by atoms with van der Waals surface area (Å²) >= 11 is 0. The number of aryl methyl sites for hydroxylation is 1. The van der Waals surface area contributed by atoms with Gasteiger partial charge in [-0.1, -0.05) is 13.0 Å². The molecule has 0 radical (unpaired) electrons. The lowest BCUT2D eigenvalue weighted by Crippen LogP contribution is -2.40. The van der Waals surface area contributed by atoms with Crippen molar-refractivity contribution in [1.29, 1.82) is 0 Å². The van der Waals surface area contributed by atoms with Crippen molar-refractivity contribution in [3.05, 3.63) is 23.8 Å². The van der Waals surface area contributed by atoms with Gasteiger partial charge in [0.05, 0.1) is 23.9 Å². The molecule has 0 saturated carbocycles. The number of hydrogen-bond donors (Lipinski definition) is 1. The predicted molar refractivity (Wildman–Crippen MR) is 88.5 cm³/mol. The van der Waals surface area contributed by atoms with Crippen molar-refractivity contribution in [3.63, 3.8) is 0 Å². The zero-order valence-electron chi connectivity index (χ0n) is 13.3. The highest BCUT2D eigenvalue weighted by atomic mass is 32.2. The number of sulfonamides is 2. The maximum atomic E-state index is 12.7. The molecular weight excluding hydrogens is 340 g/mol. The van der Waals surface area contributed by atoms with Crippen LogP contribution in [0.1, 0.15) is 18.9 Å². The van der Waals surface area contributed by atoms with E-state index in [0.29, 0.717) is 38.3 Å². The van der Waals surface area contributed by atoms with Gasteiger partial charge in [-0.2, -0.15) is 4.31 Å². The van der Waals surface area contributed by atoms with E-state index in [2.05, 4.69) is 4.72 Å². The van der Waals surface area contributed by atoms with Crippen molar-refractivity contribution in [3.8, 4) is 0 Å². The molecule has 7 nitrogen and oxygen atoms in total. The lowest BCUT2D eigenvalue weighted by molar-refractivity contribution is 0.0730. The van der Waals surface area contributed by atoms with Crippen molar-refractivity contribution in [2.75, 3.05) is 36.8 Å². The summed E-state index contributed by atoms with van der Waals surface area (Å²) in [6.45, 7) is 4.78. The standard InChI is InChI=1S/C14H22N2O5S2/c1-3-10-22(17,18)15-13-5-4-12(2)14(11-13)23(19,20)16-6-8-21-9-7-16/h4-5,11,15H,3,6-10H2,1-2H3. The summed E-state index contributed by atoms with van der Waals surface area (Å²) in [7, 11) is -7.13. The molecule has 9 heteroatoms. The Morgan fingerprint density at radius 3 is 2.43 bits per heavy atom. The molecule has 0 atom stereocenters. The highest BCUT2D eigenvalue weighted by molar-refractivity contribution is 7.92. The minimum absolute atomic E-state index is 0.00752. The van der Waals surface area contributed by atoms with Crippen LogP contribution in [0, 0.1) is 6.92 Å². The van der Waals surface area contributed by atoms with Crippen LogP contribution in [0.4, 0.5) is 5.69 Å². The molecule has 1 aromatic rings. The van der Waals surface area contributed by atoms with Gasteiger partial charge < -0.3 is 4.74 Å². The third-order valence-electron chi connectivity index (χ3n) is 3.52. The Morgan fingerprint density at radius 1 is 1.17 bits per heavy atom. The number of nitrogens with one attached hydrogen (secondary N) is 1. The highest BCUT2D eigenvalue weighted by Gasteiger charge is 2.28. The lowest BCUT2D eigenvalue weighted by atomic mass is 10.2. The maximum Gasteiger partial charge on any atom is 0.243 e. The van der Waals surface area contributed by atoms with Crippen LogP contribution < -0.4 is 4.72 Å². The minimum atomic E-state index is -3.66. The van der Waals surface area contributed by atoms with E-state index >= 15 is 0 Å². The summed E-state index contributed by atoms with van der Waals surface area (Å²) in [6, 6.07) is 4.56. The van der Waals surface area contributed by atoms with Gasteiger partial charge in [0.2, 0.25) is 20.0 Å². The summed E-state index contributed by atoms with van der Waals surface area (Å²) in [5.74, 6) is -0.00752. The van der Waals surface area contributed by atoms with Gasteiger partial charge >= 0.3 is 0 Å². The summed E-state index contributed by atoms with van der Waals surface area (Å²) in [6.07, 6.45) is 0.486. The van der Waals surface area contributed by atoms with Crippen LogP contribution in [0.2, 0.25) is 0 Å². The number of anilines is 1. The van der Waals surface area contributed by atoms with Gasteiger partial charge in [0.1, 0.15) is 0 Å². The second kappa shape index (κ2) is 7.16. The molecule has 0 unspecified atom stereocenters. The van der Waals surface area contributed by atoms with Crippen LogP contribution in [-0.4, -0.2) is 53.2 Å². The molecular formula is C14H22N2O5S2. The largest absolute Gasteiger partial charge is 0.379 e. The molecule has 0 aliphatic carbocycles. The fraction of sp³-hybridized carbons (Fsp3) is 0.571. The molecule has 1 N–H and O–H groups in total. The molecule has 23 heavy (non-hydrogen) atoms. The van der Waals surface area contributed by atoms with E-state index in [0.717, 1.165) is 0 Å². The first-order valence-electron chi connectivity index (χ1n) is 7.45. The molecule has 1 heterocycles. The van der Waals surface area contributed by atoms with Gasteiger partial charge in [0.15, 0.2) is 0 Å². The van der Waals surface area contributed by atoms with E-state index in [4.69, 9.17) is 4.74 Å².